The number of ether oxygens (including phenoxy) is 1. The highest BCUT2D eigenvalue weighted by molar-refractivity contribution is 5.94. The van der Waals surface area contributed by atoms with Crippen molar-refractivity contribution in [3.8, 4) is 5.75 Å². The first-order valence-electron chi connectivity index (χ1n) is 9.18. The number of nitrogens with zero attached hydrogens (tertiary/aromatic N) is 1. The molecule has 0 unspecified atom stereocenters. The van der Waals surface area contributed by atoms with Gasteiger partial charge in [0.1, 0.15) is 18.1 Å². The van der Waals surface area contributed by atoms with E-state index in [4.69, 9.17) is 4.74 Å². The highest BCUT2D eigenvalue weighted by atomic mass is 19.3. The molecule has 28 heavy (non-hydrogen) atoms. The van der Waals surface area contributed by atoms with Crippen molar-refractivity contribution in [2.24, 2.45) is 5.92 Å². The molecule has 0 aliphatic heterocycles. The molecule has 1 heterocycles. The van der Waals surface area contributed by atoms with Gasteiger partial charge in [0.25, 0.3) is 12.3 Å². The fraction of sp³-hybridized carbons (Fsp3) is 0.381. The number of amides is 1. The van der Waals surface area contributed by atoms with Gasteiger partial charge in [-0.2, -0.15) is 0 Å². The second-order valence-electron chi connectivity index (χ2n) is 6.94. The van der Waals surface area contributed by atoms with E-state index in [-0.39, 0.29) is 30.6 Å². The van der Waals surface area contributed by atoms with Gasteiger partial charge in [0.2, 0.25) is 0 Å². The van der Waals surface area contributed by atoms with Crippen LogP contribution < -0.4 is 10.1 Å². The topological polar surface area (TPSA) is 68.3 Å². The lowest BCUT2D eigenvalue weighted by atomic mass is 10.1. The minimum atomic E-state index is -2.52. The normalized spacial score (nSPS) is 13.4. The van der Waals surface area contributed by atoms with Crippen LogP contribution >= 0.6 is 0 Å². The molecule has 0 bridgehead atoms. The van der Waals surface area contributed by atoms with E-state index in [1.165, 1.54) is 6.20 Å². The van der Waals surface area contributed by atoms with Crippen molar-refractivity contribution in [2.45, 2.75) is 39.2 Å². The van der Waals surface area contributed by atoms with Gasteiger partial charge < -0.3 is 10.1 Å². The molecule has 148 valence electrons. The van der Waals surface area contributed by atoms with Crippen molar-refractivity contribution in [2.75, 3.05) is 6.61 Å². The molecular weight excluding hydrogens is 366 g/mol. The van der Waals surface area contributed by atoms with Gasteiger partial charge in [-0.25, -0.2) is 8.78 Å². The number of benzene rings is 1. The van der Waals surface area contributed by atoms with Crippen LogP contribution in [0.5, 0.6) is 5.75 Å². The summed E-state index contributed by atoms with van der Waals surface area (Å²) < 4.78 is 29.5. The summed E-state index contributed by atoms with van der Waals surface area (Å²) in [6.07, 6.45) is 1.16. The average molecular weight is 388 g/mol. The van der Waals surface area contributed by atoms with Crippen LogP contribution in [0.4, 0.5) is 8.78 Å². The third-order valence-corrected chi connectivity index (χ3v) is 4.52. The van der Waals surface area contributed by atoms with Crippen molar-refractivity contribution in [3.05, 3.63) is 58.9 Å². The van der Waals surface area contributed by atoms with E-state index >= 15 is 0 Å². The predicted molar refractivity (Wildman–Crippen MR) is 99.5 cm³/mol. The lowest BCUT2D eigenvalue weighted by Gasteiger charge is -2.11. The Bertz CT molecular complexity index is 866. The number of Topliss-reactive ketones (excluding diaryl/α,β-unsaturated/α-hetero) is 1. The van der Waals surface area contributed by atoms with Gasteiger partial charge >= 0.3 is 0 Å². The van der Waals surface area contributed by atoms with Gasteiger partial charge in [0.05, 0.1) is 0 Å². The lowest BCUT2D eigenvalue weighted by molar-refractivity contribution is -0.119. The summed E-state index contributed by atoms with van der Waals surface area (Å²) in [5.41, 5.74) is 2.59. The third-order valence-electron chi connectivity index (χ3n) is 4.52. The zero-order valence-electron chi connectivity index (χ0n) is 15.6. The summed E-state index contributed by atoms with van der Waals surface area (Å²) in [7, 11) is 0. The average Bonchev–Trinajstić information content (AvgIpc) is 3.50. The first-order valence-corrected chi connectivity index (χ1v) is 9.18. The lowest BCUT2D eigenvalue weighted by Crippen LogP contribution is -2.23. The summed E-state index contributed by atoms with van der Waals surface area (Å²) in [6, 6.07) is 8.37. The molecule has 7 heteroatoms. The van der Waals surface area contributed by atoms with E-state index in [0.29, 0.717) is 17.0 Å². The van der Waals surface area contributed by atoms with Crippen LogP contribution in [-0.2, 0) is 17.8 Å². The van der Waals surface area contributed by atoms with E-state index < -0.39 is 13.0 Å². The maximum Gasteiger partial charge on any atom is 0.272 e. The number of carbonyl (C=O) groups is 2. The molecular formula is C21H22F2N2O3. The zero-order chi connectivity index (χ0) is 20.1. The molecule has 5 nitrogen and oxygen atoms in total. The first kappa shape index (κ1) is 19.9. The van der Waals surface area contributed by atoms with Crippen molar-refractivity contribution >= 4 is 11.7 Å². The molecule has 1 fully saturated rings. The Hall–Kier alpha value is -2.83. The van der Waals surface area contributed by atoms with Crippen LogP contribution in [0.25, 0.3) is 0 Å². The quantitative estimate of drug-likeness (QED) is 0.714. The largest absolute Gasteiger partial charge is 0.487 e. The smallest absolute Gasteiger partial charge is 0.272 e. The van der Waals surface area contributed by atoms with Crippen LogP contribution in [0, 0.1) is 12.8 Å². The van der Waals surface area contributed by atoms with E-state index in [2.05, 4.69) is 10.3 Å². The van der Waals surface area contributed by atoms with Crippen LogP contribution in [0.15, 0.2) is 36.5 Å². The monoisotopic (exact) mass is 388 g/mol. The molecule has 1 aliphatic rings. The molecule has 1 N–H and O–H groups in total. The maximum atomic E-state index is 12.4. The fourth-order valence-corrected chi connectivity index (χ4v) is 2.86. The van der Waals surface area contributed by atoms with Gasteiger partial charge in [-0.15, -0.1) is 0 Å². The molecule has 1 amide bonds. The second kappa shape index (κ2) is 8.91. The highest BCUT2D eigenvalue weighted by Gasteiger charge is 2.29. The van der Waals surface area contributed by atoms with Crippen LogP contribution in [-0.4, -0.2) is 29.7 Å². The number of hydrogen-bond acceptors (Lipinski definition) is 4. The maximum absolute atomic E-state index is 12.4. The molecule has 1 saturated carbocycles. The van der Waals surface area contributed by atoms with Crippen LogP contribution in [0.3, 0.4) is 0 Å². The Balaban J connectivity index is 1.56. The number of aryl methyl sites for hydroxylation is 1. The van der Waals surface area contributed by atoms with E-state index in [1.54, 1.807) is 37.3 Å². The second-order valence-corrected chi connectivity index (χ2v) is 6.94. The summed E-state index contributed by atoms with van der Waals surface area (Å²) in [5, 5.41) is 2.82. The molecule has 2 aromatic rings. The standard InChI is InChI=1S/C21H22F2N2O3/c1-13-8-14(2-5-19(13)28-12-20(22)23)11-25-21(27)16-6-7-24-17(9-16)10-18(26)15-3-4-15/h2,5-9,15,20H,3-4,10-12H2,1H3,(H,25,27). The third kappa shape index (κ3) is 5.58. The SMILES string of the molecule is Cc1cc(CNC(=O)c2ccnc(CC(=O)C3CC3)c2)ccc1OCC(F)F. The van der Waals surface area contributed by atoms with Gasteiger partial charge in [-0.05, 0) is 49.1 Å². The number of carbonyl (C=O) groups excluding carboxylic acids is 2. The van der Waals surface area contributed by atoms with E-state index in [0.717, 1.165) is 24.0 Å². The number of nitrogens with one attached hydrogen (secondary N) is 1. The zero-order valence-corrected chi connectivity index (χ0v) is 15.6. The van der Waals surface area contributed by atoms with Gasteiger partial charge in [-0.1, -0.05) is 12.1 Å². The van der Waals surface area contributed by atoms with E-state index in [1.807, 2.05) is 0 Å². The summed E-state index contributed by atoms with van der Waals surface area (Å²) in [5.74, 6) is 0.470. The van der Waals surface area contributed by atoms with Crippen molar-refractivity contribution in [1.82, 2.24) is 10.3 Å². The molecule has 1 aromatic carbocycles. The van der Waals surface area contributed by atoms with E-state index in [9.17, 15) is 18.4 Å². The number of ketones is 1. The molecule has 0 atom stereocenters. The number of rotatable bonds is 9. The molecule has 3 rings (SSSR count). The molecule has 0 radical (unpaired) electrons. The Kier molecular flexibility index (Phi) is 6.34. The first-order chi connectivity index (χ1) is 13.4. The Morgan fingerprint density at radius 3 is 2.71 bits per heavy atom. The Morgan fingerprint density at radius 2 is 2.04 bits per heavy atom. The summed E-state index contributed by atoms with van der Waals surface area (Å²) in [4.78, 5) is 28.5. The highest BCUT2D eigenvalue weighted by Crippen LogP contribution is 2.30. The summed E-state index contributed by atoms with van der Waals surface area (Å²) in [6.45, 7) is 1.40. The van der Waals surface area contributed by atoms with Crippen molar-refractivity contribution in [1.29, 1.82) is 0 Å². The predicted octanol–water partition coefficient (Wildman–Crippen LogP) is 3.49. The summed E-state index contributed by atoms with van der Waals surface area (Å²) >= 11 is 0. The van der Waals surface area contributed by atoms with Crippen LogP contribution in [0.2, 0.25) is 0 Å². The van der Waals surface area contributed by atoms with Gasteiger partial charge in [0.15, 0.2) is 0 Å². The van der Waals surface area contributed by atoms with Gasteiger partial charge in [0, 0.05) is 36.3 Å². The number of pyridine rings is 1. The number of halogens is 2. The fourth-order valence-electron chi connectivity index (χ4n) is 2.86. The van der Waals surface area contributed by atoms with Crippen LogP contribution in [0.1, 0.15) is 40.0 Å². The van der Waals surface area contributed by atoms with Gasteiger partial charge in [-0.3, -0.25) is 14.6 Å². The molecule has 0 saturated heterocycles. The Morgan fingerprint density at radius 1 is 1.25 bits per heavy atom. The van der Waals surface area contributed by atoms with Crippen molar-refractivity contribution < 1.29 is 23.1 Å². The minimum absolute atomic E-state index is 0.162. The molecule has 1 aliphatic carbocycles. The Labute approximate surface area is 162 Å². The van der Waals surface area contributed by atoms with Crippen molar-refractivity contribution in [3.63, 3.8) is 0 Å². The molecule has 0 spiro atoms. The molecule has 1 aromatic heterocycles. The number of hydrogen-bond donors (Lipinski definition) is 1. The number of aromatic nitrogens is 1. The minimum Gasteiger partial charge on any atom is -0.487 e. The number of alkyl halides is 2.